The van der Waals surface area contributed by atoms with Crippen LogP contribution < -0.4 is 10.2 Å². The molecule has 1 aliphatic heterocycles. The van der Waals surface area contributed by atoms with Crippen molar-refractivity contribution in [3.63, 3.8) is 0 Å². The van der Waals surface area contributed by atoms with Gasteiger partial charge in [-0.05, 0) is 11.6 Å². The molecule has 0 bridgehead atoms. The molecule has 0 saturated carbocycles. The highest BCUT2D eigenvalue weighted by molar-refractivity contribution is 6.33. The van der Waals surface area contributed by atoms with Crippen LogP contribution in [0.5, 0.6) is 0 Å². The van der Waals surface area contributed by atoms with Crippen LogP contribution in [0.1, 0.15) is 19.4 Å². The predicted molar refractivity (Wildman–Crippen MR) is 89.5 cm³/mol. The summed E-state index contributed by atoms with van der Waals surface area (Å²) in [5, 5.41) is 22.1. The van der Waals surface area contributed by atoms with Gasteiger partial charge >= 0.3 is 0 Å². The zero-order valence-electron chi connectivity index (χ0n) is 13.5. The summed E-state index contributed by atoms with van der Waals surface area (Å²) in [5.74, 6) is 0.792. The molecule has 1 aromatic heterocycles. The van der Waals surface area contributed by atoms with Crippen LogP contribution in [0.15, 0.2) is 12.3 Å². The summed E-state index contributed by atoms with van der Waals surface area (Å²) in [6.07, 6.45) is 1.32. The molecule has 0 aromatic carbocycles. The van der Waals surface area contributed by atoms with Crippen LogP contribution in [0.3, 0.4) is 0 Å². The molecule has 2 rings (SSSR count). The van der Waals surface area contributed by atoms with E-state index in [1.807, 2.05) is 19.9 Å². The molecule has 22 heavy (non-hydrogen) atoms. The number of aliphatic hydroxyl groups is 2. The number of nitrogens with one attached hydrogen (secondary N) is 1. The van der Waals surface area contributed by atoms with Gasteiger partial charge in [-0.1, -0.05) is 25.4 Å². The highest BCUT2D eigenvalue weighted by Gasteiger charge is 2.15. The summed E-state index contributed by atoms with van der Waals surface area (Å²) in [6, 6.07) is 1.81. The van der Waals surface area contributed by atoms with Crippen LogP contribution >= 0.6 is 11.6 Å². The highest BCUT2D eigenvalue weighted by Crippen LogP contribution is 2.24. The second kappa shape index (κ2) is 12.6. The van der Waals surface area contributed by atoms with Crippen molar-refractivity contribution < 1.29 is 14.6 Å². The first-order valence-corrected chi connectivity index (χ1v) is 7.85. The first-order valence-electron chi connectivity index (χ1n) is 7.47. The molecule has 1 aromatic rings. The Morgan fingerprint density at radius 1 is 1.36 bits per heavy atom. The molecule has 0 spiro atoms. The van der Waals surface area contributed by atoms with Crippen LogP contribution in [0.4, 0.5) is 10.2 Å². The van der Waals surface area contributed by atoms with E-state index in [0.29, 0.717) is 18.6 Å². The molecule has 1 atom stereocenters. The van der Waals surface area contributed by atoms with Crippen molar-refractivity contribution in [2.45, 2.75) is 26.4 Å². The van der Waals surface area contributed by atoms with Crippen molar-refractivity contribution in [3.8, 4) is 0 Å². The molecule has 1 fully saturated rings. The quantitative estimate of drug-likeness (QED) is 0.780. The Labute approximate surface area is 137 Å². The van der Waals surface area contributed by atoms with Crippen LogP contribution in [0.25, 0.3) is 0 Å². The van der Waals surface area contributed by atoms with Gasteiger partial charge < -0.3 is 20.4 Å². The molecule has 1 aliphatic rings. The maximum absolute atomic E-state index is 9.50. The summed E-state index contributed by atoms with van der Waals surface area (Å²) in [7, 11) is 0.500. The van der Waals surface area contributed by atoms with E-state index in [1.54, 1.807) is 6.20 Å². The fraction of sp³-hybridized carbons (Fsp3) is 0.667. The molecule has 3 N–H and O–H groups in total. The topological polar surface area (TPSA) is 68.6 Å². The fourth-order valence-electron chi connectivity index (χ4n) is 2.03. The third-order valence-electron chi connectivity index (χ3n) is 2.98. The van der Waals surface area contributed by atoms with Gasteiger partial charge in [0.05, 0.1) is 24.9 Å². The Hall–Kier alpha value is -0.950. The number of hydrogen-bond acceptors (Lipinski definition) is 5. The standard InChI is InChI=1S/C12H18ClN3O2.C2H6.CH3F/c13-11-6-9(5-10(18)8-17)7-15-12(11)16-3-1-14-2-4-16;2*1-2/h6-7,10,14,17-18H,1-5,8H2;1-2H3;1H3/t10-;;/m1../s1. The van der Waals surface area contributed by atoms with Gasteiger partial charge in [0, 0.05) is 38.8 Å². The number of rotatable bonds is 4. The minimum Gasteiger partial charge on any atom is -0.394 e. The third-order valence-corrected chi connectivity index (χ3v) is 3.26. The van der Waals surface area contributed by atoms with E-state index in [0.717, 1.165) is 37.6 Å². The van der Waals surface area contributed by atoms with Crippen molar-refractivity contribution >= 4 is 17.4 Å². The second-order valence-electron chi connectivity index (χ2n) is 4.43. The first kappa shape index (κ1) is 21.0. The number of hydrogen-bond donors (Lipinski definition) is 3. The summed E-state index contributed by atoms with van der Waals surface area (Å²) < 4.78 is 9.50. The summed E-state index contributed by atoms with van der Waals surface area (Å²) in [5.41, 5.74) is 0.834. The lowest BCUT2D eigenvalue weighted by molar-refractivity contribution is 0.0954. The molecule has 5 nitrogen and oxygen atoms in total. The lowest BCUT2D eigenvalue weighted by Crippen LogP contribution is -2.44. The van der Waals surface area contributed by atoms with E-state index >= 15 is 0 Å². The first-order chi connectivity index (χ1) is 10.7. The van der Waals surface area contributed by atoms with E-state index in [1.165, 1.54) is 0 Å². The Morgan fingerprint density at radius 3 is 2.45 bits per heavy atom. The minimum absolute atomic E-state index is 0.253. The molecule has 7 heteroatoms. The zero-order valence-corrected chi connectivity index (χ0v) is 14.3. The molecule has 1 saturated heterocycles. The molecule has 0 amide bonds. The largest absolute Gasteiger partial charge is 0.394 e. The van der Waals surface area contributed by atoms with Gasteiger partial charge in [0.25, 0.3) is 0 Å². The van der Waals surface area contributed by atoms with Crippen molar-refractivity contribution in [1.29, 1.82) is 0 Å². The Kier molecular flexibility index (Phi) is 12.0. The van der Waals surface area contributed by atoms with Crippen molar-refractivity contribution in [3.05, 3.63) is 22.8 Å². The Balaban J connectivity index is 0.00000102. The lowest BCUT2D eigenvalue weighted by atomic mass is 10.1. The van der Waals surface area contributed by atoms with Crippen molar-refractivity contribution in [2.24, 2.45) is 0 Å². The van der Waals surface area contributed by atoms with Crippen molar-refractivity contribution in [2.75, 3.05) is 44.9 Å². The maximum atomic E-state index is 9.50. The zero-order chi connectivity index (χ0) is 17.0. The molecule has 0 unspecified atom stereocenters. The van der Waals surface area contributed by atoms with Gasteiger partial charge in [0.15, 0.2) is 0 Å². The third kappa shape index (κ3) is 6.87. The number of aromatic nitrogens is 1. The molecule has 128 valence electrons. The van der Waals surface area contributed by atoms with Crippen LogP contribution in [0.2, 0.25) is 5.02 Å². The van der Waals surface area contributed by atoms with Gasteiger partial charge in [-0.25, -0.2) is 4.98 Å². The fourth-order valence-corrected chi connectivity index (χ4v) is 2.34. The summed E-state index contributed by atoms with van der Waals surface area (Å²) in [6.45, 7) is 7.40. The van der Waals surface area contributed by atoms with Gasteiger partial charge in [0.2, 0.25) is 0 Å². The molecular formula is C15H27ClFN3O2. The number of piperazine rings is 1. The molecular weight excluding hydrogens is 309 g/mol. The normalized spacial score (nSPS) is 15.1. The number of anilines is 1. The predicted octanol–water partition coefficient (Wildman–Crippen LogP) is 1.65. The van der Waals surface area contributed by atoms with Gasteiger partial charge in [-0.3, -0.25) is 4.39 Å². The molecule has 0 radical (unpaired) electrons. The van der Waals surface area contributed by atoms with Crippen LogP contribution in [-0.4, -0.2) is 61.3 Å². The average molecular weight is 336 g/mol. The monoisotopic (exact) mass is 335 g/mol. The Bertz CT molecular complexity index is 404. The summed E-state index contributed by atoms with van der Waals surface area (Å²) >= 11 is 6.22. The van der Waals surface area contributed by atoms with Crippen LogP contribution in [0, 0.1) is 0 Å². The number of halogens is 2. The highest BCUT2D eigenvalue weighted by atomic mass is 35.5. The maximum Gasteiger partial charge on any atom is 0.147 e. The lowest BCUT2D eigenvalue weighted by Gasteiger charge is -2.29. The second-order valence-corrected chi connectivity index (χ2v) is 4.83. The molecule has 2 heterocycles. The van der Waals surface area contributed by atoms with Gasteiger partial charge in [-0.2, -0.15) is 0 Å². The van der Waals surface area contributed by atoms with Crippen LogP contribution in [-0.2, 0) is 6.42 Å². The van der Waals surface area contributed by atoms with E-state index in [-0.39, 0.29) is 6.61 Å². The average Bonchev–Trinajstić information content (AvgIpc) is 2.59. The van der Waals surface area contributed by atoms with E-state index in [4.69, 9.17) is 16.7 Å². The number of nitrogens with zero attached hydrogens (tertiary/aromatic N) is 2. The Morgan fingerprint density at radius 2 is 1.95 bits per heavy atom. The number of pyridine rings is 1. The van der Waals surface area contributed by atoms with E-state index in [9.17, 15) is 9.50 Å². The number of alkyl halides is 1. The summed E-state index contributed by atoms with van der Waals surface area (Å²) in [4.78, 5) is 6.51. The van der Waals surface area contributed by atoms with Crippen molar-refractivity contribution in [1.82, 2.24) is 10.3 Å². The minimum atomic E-state index is -0.757. The van der Waals surface area contributed by atoms with Gasteiger partial charge in [-0.15, -0.1) is 0 Å². The smallest absolute Gasteiger partial charge is 0.147 e. The van der Waals surface area contributed by atoms with Gasteiger partial charge in [0.1, 0.15) is 5.82 Å². The number of aliphatic hydroxyl groups excluding tert-OH is 2. The SMILES string of the molecule is CC.CF.OC[C@H](O)Cc1cnc(N2CCNCC2)c(Cl)c1. The van der Waals surface area contributed by atoms with E-state index in [2.05, 4.69) is 15.2 Å². The van der Waals surface area contributed by atoms with E-state index < -0.39 is 6.10 Å². The molecule has 0 aliphatic carbocycles.